The summed E-state index contributed by atoms with van der Waals surface area (Å²) < 4.78 is 28.0. The molecular weight excluding hydrogens is 387 g/mol. The maximum absolute atomic E-state index is 12.2. The molecule has 4 nitrogen and oxygen atoms in total. The van der Waals surface area contributed by atoms with Gasteiger partial charge in [-0.2, -0.15) is 5.26 Å². The smallest absolute Gasteiger partial charge is 0.261 e. The lowest BCUT2D eigenvalue weighted by atomic mass is 10.1. The van der Waals surface area contributed by atoms with Crippen molar-refractivity contribution in [3.05, 3.63) is 57.2 Å². The Balaban J connectivity index is 2.33. The maximum Gasteiger partial charge on any atom is 0.261 e. The molecule has 0 fully saturated rings. The van der Waals surface area contributed by atoms with Crippen LogP contribution in [0.5, 0.6) is 0 Å². The first-order chi connectivity index (χ1) is 9.42. The Labute approximate surface area is 131 Å². The Bertz CT molecular complexity index is 778. The molecule has 2 aromatic carbocycles. The molecule has 20 heavy (non-hydrogen) atoms. The largest absolute Gasteiger partial charge is 0.280 e. The summed E-state index contributed by atoms with van der Waals surface area (Å²) in [7, 11) is -3.64. The minimum absolute atomic E-state index is 0.146. The Morgan fingerprint density at radius 3 is 2.35 bits per heavy atom. The van der Waals surface area contributed by atoms with Gasteiger partial charge in [-0.15, -0.1) is 0 Å². The van der Waals surface area contributed by atoms with E-state index >= 15 is 0 Å². The van der Waals surface area contributed by atoms with Gasteiger partial charge in [0.05, 0.1) is 16.5 Å². The number of aryl methyl sites for hydroxylation is 1. The van der Waals surface area contributed by atoms with Crippen molar-refractivity contribution in [3.8, 4) is 6.07 Å². The summed E-state index contributed by atoms with van der Waals surface area (Å²) >= 11 is 2.15. The second kappa shape index (κ2) is 5.81. The van der Waals surface area contributed by atoms with Crippen molar-refractivity contribution in [2.24, 2.45) is 0 Å². The van der Waals surface area contributed by atoms with Gasteiger partial charge >= 0.3 is 0 Å². The third-order valence-electron chi connectivity index (χ3n) is 2.73. The molecule has 2 aromatic rings. The van der Waals surface area contributed by atoms with Crippen molar-refractivity contribution >= 4 is 38.3 Å². The third kappa shape index (κ3) is 3.29. The van der Waals surface area contributed by atoms with Gasteiger partial charge in [-0.1, -0.05) is 0 Å². The third-order valence-corrected chi connectivity index (χ3v) is 4.82. The molecule has 0 spiro atoms. The van der Waals surface area contributed by atoms with Crippen LogP contribution in [0, 0.1) is 21.8 Å². The van der Waals surface area contributed by atoms with E-state index in [-0.39, 0.29) is 4.90 Å². The van der Waals surface area contributed by atoms with Gasteiger partial charge in [0.25, 0.3) is 10.0 Å². The molecule has 102 valence electrons. The number of hydrogen-bond donors (Lipinski definition) is 1. The second-order valence-electron chi connectivity index (χ2n) is 4.20. The van der Waals surface area contributed by atoms with Gasteiger partial charge in [0.15, 0.2) is 0 Å². The highest BCUT2D eigenvalue weighted by Crippen LogP contribution is 2.19. The van der Waals surface area contributed by atoms with Crippen LogP contribution in [0.4, 0.5) is 5.69 Å². The topological polar surface area (TPSA) is 70.0 Å². The van der Waals surface area contributed by atoms with Crippen LogP contribution >= 0.6 is 22.6 Å². The molecule has 2 rings (SSSR count). The number of anilines is 1. The number of nitrogens with zero attached hydrogens (tertiary/aromatic N) is 1. The quantitative estimate of drug-likeness (QED) is 0.807. The number of nitriles is 1. The first kappa shape index (κ1) is 14.8. The van der Waals surface area contributed by atoms with E-state index in [4.69, 9.17) is 5.26 Å². The van der Waals surface area contributed by atoms with Crippen LogP contribution in [0.2, 0.25) is 0 Å². The average Bonchev–Trinajstić information content (AvgIpc) is 2.41. The van der Waals surface area contributed by atoms with Crippen LogP contribution in [0.25, 0.3) is 0 Å². The molecule has 0 amide bonds. The van der Waals surface area contributed by atoms with E-state index < -0.39 is 10.0 Å². The summed E-state index contributed by atoms with van der Waals surface area (Å²) in [6, 6.07) is 13.5. The maximum atomic E-state index is 12.2. The van der Waals surface area contributed by atoms with Gasteiger partial charge in [0.1, 0.15) is 0 Å². The Morgan fingerprint density at radius 1 is 1.15 bits per heavy atom. The van der Waals surface area contributed by atoms with Crippen LogP contribution in [-0.4, -0.2) is 8.42 Å². The number of rotatable bonds is 3. The van der Waals surface area contributed by atoms with Crippen molar-refractivity contribution in [1.29, 1.82) is 5.26 Å². The van der Waals surface area contributed by atoms with Crippen molar-refractivity contribution in [3.63, 3.8) is 0 Å². The summed E-state index contributed by atoms with van der Waals surface area (Å²) in [6.45, 7) is 1.71. The van der Waals surface area contributed by atoms with E-state index in [0.29, 0.717) is 16.8 Å². The van der Waals surface area contributed by atoms with E-state index in [1.165, 1.54) is 18.2 Å². The van der Waals surface area contributed by atoms with Gasteiger partial charge < -0.3 is 0 Å². The van der Waals surface area contributed by atoms with Gasteiger partial charge in [-0.05, 0) is 77.5 Å². The fourth-order valence-corrected chi connectivity index (χ4v) is 3.16. The number of benzene rings is 2. The van der Waals surface area contributed by atoms with E-state index in [2.05, 4.69) is 27.3 Å². The molecule has 0 saturated heterocycles. The van der Waals surface area contributed by atoms with Gasteiger partial charge in [0.2, 0.25) is 0 Å². The first-order valence-electron chi connectivity index (χ1n) is 5.71. The average molecular weight is 398 g/mol. The predicted molar refractivity (Wildman–Crippen MR) is 85.9 cm³/mol. The van der Waals surface area contributed by atoms with E-state index in [1.54, 1.807) is 19.1 Å². The Morgan fingerprint density at radius 2 is 1.80 bits per heavy atom. The molecule has 0 aromatic heterocycles. The Kier molecular flexibility index (Phi) is 4.30. The molecule has 0 bridgehead atoms. The molecule has 0 radical (unpaired) electrons. The molecule has 0 aliphatic rings. The molecular formula is C14H11IN2O2S. The summed E-state index contributed by atoms with van der Waals surface area (Å²) in [5.41, 5.74) is 1.61. The molecule has 0 aliphatic heterocycles. The summed E-state index contributed by atoms with van der Waals surface area (Å²) in [5.74, 6) is 0. The highest BCUT2D eigenvalue weighted by Gasteiger charge is 2.15. The van der Waals surface area contributed by atoms with Crippen LogP contribution in [0.15, 0.2) is 47.4 Å². The predicted octanol–water partition coefficient (Wildman–Crippen LogP) is 3.27. The van der Waals surface area contributed by atoms with Gasteiger partial charge in [-0.25, -0.2) is 8.42 Å². The van der Waals surface area contributed by atoms with Crippen molar-refractivity contribution < 1.29 is 8.42 Å². The minimum atomic E-state index is -3.64. The standard InChI is InChI=1S/C14H11IN2O2S/c1-10-8-14(7-2-11(10)9-16)20(18,19)17-13-5-3-12(15)4-6-13/h2-8,17H,1H3. The normalized spacial score (nSPS) is 10.8. The number of hydrogen-bond acceptors (Lipinski definition) is 3. The highest BCUT2D eigenvalue weighted by atomic mass is 127. The highest BCUT2D eigenvalue weighted by molar-refractivity contribution is 14.1. The molecule has 0 aliphatic carbocycles. The molecule has 6 heteroatoms. The lowest BCUT2D eigenvalue weighted by Gasteiger charge is -2.09. The molecule has 0 atom stereocenters. The lowest BCUT2D eigenvalue weighted by molar-refractivity contribution is 0.601. The Hall–Kier alpha value is -1.59. The summed E-state index contributed by atoms with van der Waals surface area (Å²) in [5, 5.41) is 8.86. The van der Waals surface area contributed by atoms with E-state index in [9.17, 15) is 8.42 Å². The fraction of sp³-hybridized carbons (Fsp3) is 0.0714. The zero-order valence-corrected chi connectivity index (χ0v) is 13.6. The number of halogens is 1. The number of sulfonamides is 1. The first-order valence-corrected chi connectivity index (χ1v) is 8.28. The summed E-state index contributed by atoms with van der Waals surface area (Å²) in [4.78, 5) is 0.146. The van der Waals surface area contributed by atoms with Crippen LogP contribution in [0.3, 0.4) is 0 Å². The van der Waals surface area contributed by atoms with E-state index in [0.717, 1.165) is 3.57 Å². The minimum Gasteiger partial charge on any atom is -0.280 e. The fourth-order valence-electron chi connectivity index (χ4n) is 1.66. The molecule has 0 heterocycles. The molecule has 0 saturated carbocycles. The van der Waals surface area contributed by atoms with Gasteiger partial charge in [-0.3, -0.25) is 4.72 Å². The molecule has 0 unspecified atom stereocenters. The number of nitrogens with one attached hydrogen (secondary N) is 1. The van der Waals surface area contributed by atoms with E-state index in [1.807, 2.05) is 18.2 Å². The van der Waals surface area contributed by atoms with Crippen LogP contribution < -0.4 is 4.72 Å². The zero-order valence-electron chi connectivity index (χ0n) is 10.6. The second-order valence-corrected chi connectivity index (χ2v) is 7.13. The zero-order chi connectivity index (χ0) is 14.8. The van der Waals surface area contributed by atoms with Gasteiger partial charge in [0, 0.05) is 9.26 Å². The monoisotopic (exact) mass is 398 g/mol. The van der Waals surface area contributed by atoms with Crippen LogP contribution in [-0.2, 0) is 10.0 Å². The SMILES string of the molecule is Cc1cc(S(=O)(=O)Nc2ccc(I)cc2)ccc1C#N. The van der Waals surface area contributed by atoms with Crippen molar-refractivity contribution in [1.82, 2.24) is 0 Å². The van der Waals surface area contributed by atoms with Crippen LogP contribution in [0.1, 0.15) is 11.1 Å². The lowest BCUT2D eigenvalue weighted by Crippen LogP contribution is -2.13. The van der Waals surface area contributed by atoms with Crippen molar-refractivity contribution in [2.45, 2.75) is 11.8 Å². The van der Waals surface area contributed by atoms with Crippen molar-refractivity contribution in [2.75, 3.05) is 4.72 Å². The summed E-state index contributed by atoms with van der Waals surface area (Å²) in [6.07, 6.45) is 0. The molecule has 1 N–H and O–H groups in total.